The molecular weight excluding hydrogens is 643 g/mol. The van der Waals surface area contributed by atoms with Crippen LogP contribution in [0.3, 0.4) is 0 Å². The monoisotopic (exact) mass is 695 g/mol. The molecule has 1 aliphatic rings. The summed E-state index contributed by atoms with van der Waals surface area (Å²) < 4.78 is 25.0. The molecule has 49 heavy (non-hydrogen) atoms. The van der Waals surface area contributed by atoms with Crippen molar-refractivity contribution in [1.82, 2.24) is 25.6 Å². The van der Waals surface area contributed by atoms with E-state index >= 15 is 0 Å². The summed E-state index contributed by atoms with van der Waals surface area (Å²) in [6.07, 6.45) is 8.50. The van der Waals surface area contributed by atoms with E-state index in [0.717, 1.165) is 37.8 Å². The summed E-state index contributed by atoms with van der Waals surface area (Å²) in [6.45, 7) is 6.09. The summed E-state index contributed by atoms with van der Waals surface area (Å²) in [4.78, 5) is 39.8. The van der Waals surface area contributed by atoms with Crippen LogP contribution in [-0.2, 0) is 38.7 Å². The number of H-pyrrole nitrogens is 1. The Balaban J connectivity index is 1.61. The molecule has 11 nitrogen and oxygen atoms in total. The number of hydrogen-bond acceptors (Lipinski definition) is 8. The molecule has 1 aromatic carbocycles. The molecule has 2 amide bonds. The highest BCUT2D eigenvalue weighted by Crippen LogP contribution is 2.33. The quantitative estimate of drug-likeness (QED) is 0.150. The molecule has 5 atom stereocenters. The molecular formula is C37H53N5O6S. The number of nitrogens with one attached hydrogen (secondary N) is 3. The minimum absolute atomic E-state index is 0.00301. The lowest BCUT2D eigenvalue weighted by molar-refractivity contribution is -0.131. The molecule has 1 saturated carbocycles. The second-order valence-electron chi connectivity index (χ2n) is 14.6. The van der Waals surface area contributed by atoms with Gasteiger partial charge in [-0.2, -0.15) is 0 Å². The Hall–Kier alpha value is -3.61. The second kappa shape index (κ2) is 16.9. The van der Waals surface area contributed by atoms with E-state index in [0.29, 0.717) is 24.1 Å². The van der Waals surface area contributed by atoms with Crippen LogP contribution in [0.15, 0.2) is 67.3 Å². The maximum atomic E-state index is 14.3. The zero-order chi connectivity index (χ0) is 35.7. The van der Waals surface area contributed by atoms with Crippen molar-refractivity contribution >= 4 is 21.7 Å². The first kappa shape index (κ1) is 38.2. The maximum Gasteiger partial charge on any atom is 0.243 e. The van der Waals surface area contributed by atoms with Gasteiger partial charge < -0.3 is 25.8 Å². The molecule has 4 rings (SSSR count). The van der Waals surface area contributed by atoms with Gasteiger partial charge in [-0.3, -0.25) is 14.6 Å². The molecule has 268 valence electrons. The van der Waals surface area contributed by atoms with Crippen LogP contribution in [0, 0.1) is 5.92 Å². The van der Waals surface area contributed by atoms with E-state index in [1.54, 1.807) is 51.2 Å². The fraction of sp³-hybridized carbons (Fsp3) is 0.568. The molecule has 1 fully saturated rings. The van der Waals surface area contributed by atoms with Gasteiger partial charge in [-0.25, -0.2) is 13.4 Å². The number of benzene rings is 1. The van der Waals surface area contributed by atoms with Crippen molar-refractivity contribution in [2.75, 3.05) is 0 Å². The predicted octanol–water partition coefficient (Wildman–Crippen LogP) is 3.86. The molecule has 0 bridgehead atoms. The predicted molar refractivity (Wildman–Crippen MR) is 189 cm³/mol. The van der Waals surface area contributed by atoms with E-state index in [4.69, 9.17) is 0 Å². The van der Waals surface area contributed by atoms with Gasteiger partial charge in [0.05, 0.1) is 23.2 Å². The van der Waals surface area contributed by atoms with E-state index in [9.17, 15) is 28.2 Å². The van der Waals surface area contributed by atoms with Gasteiger partial charge in [-0.15, -0.1) is 0 Å². The number of aromatic nitrogens is 3. The fourth-order valence-corrected chi connectivity index (χ4v) is 8.74. The highest BCUT2D eigenvalue weighted by Gasteiger charge is 2.52. The van der Waals surface area contributed by atoms with Crippen molar-refractivity contribution in [1.29, 1.82) is 0 Å². The van der Waals surface area contributed by atoms with Crippen LogP contribution in [-0.4, -0.2) is 79.2 Å². The van der Waals surface area contributed by atoms with Crippen LogP contribution in [0.4, 0.5) is 0 Å². The molecule has 1 aliphatic carbocycles. The number of aliphatic hydroxyl groups is 2. The first-order valence-electron chi connectivity index (χ1n) is 17.3. The van der Waals surface area contributed by atoms with Crippen LogP contribution >= 0.6 is 0 Å². The SMILES string of the molecule is CC(C)(C)S(=O)(=O)[C@@](C)(Cc1ccccc1)C(=O)NC(Cc1cnc[nH]1)C(=O)N[C@@H](CC1CCCCC1)[C@@H](O)[C@@H](O)CCc1ccccn1. The zero-order valence-corrected chi connectivity index (χ0v) is 30.0. The van der Waals surface area contributed by atoms with Crippen molar-refractivity contribution in [2.45, 2.75) is 126 Å². The van der Waals surface area contributed by atoms with Crippen LogP contribution in [0.25, 0.3) is 0 Å². The number of pyridine rings is 1. The van der Waals surface area contributed by atoms with Gasteiger partial charge >= 0.3 is 0 Å². The Labute approximate surface area is 290 Å². The van der Waals surface area contributed by atoms with Crippen LogP contribution in [0.2, 0.25) is 0 Å². The van der Waals surface area contributed by atoms with Crippen LogP contribution in [0.1, 0.15) is 89.6 Å². The van der Waals surface area contributed by atoms with Gasteiger partial charge in [0.1, 0.15) is 12.1 Å². The second-order valence-corrected chi connectivity index (χ2v) is 17.7. The van der Waals surface area contributed by atoms with Crippen molar-refractivity contribution in [3.63, 3.8) is 0 Å². The third kappa shape index (κ3) is 9.98. The lowest BCUT2D eigenvalue weighted by atomic mass is 9.82. The summed E-state index contributed by atoms with van der Waals surface area (Å²) in [7, 11) is -4.11. The number of aryl methyl sites for hydroxylation is 1. The average molecular weight is 696 g/mol. The molecule has 2 heterocycles. The first-order valence-corrected chi connectivity index (χ1v) is 18.8. The minimum atomic E-state index is -4.11. The van der Waals surface area contributed by atoms with Crippen LogP contribution < -0.4 is 10.6 Å². The van der Waals surface area contributed by atoms with E-state index in [2.05, 4.69) is 25.6 Å². The molecule has 0 saturated heterocycles. The number of nitrogens with zero attached hydrogens (tertiary/aromatic N) is 2. The largest absolute Gasteiger partial charge is 0.390 e. The lowest BCUT2D eigenvalue weighted by Crippen LogP contribution is -2.62. The summed E-state index contributed by atoms with van der Waals surface area (Å²) in [5.74, 6) is -1.14. The lowest BCUT2D eigenvalue weighted by Gasteiger charge is -2.36. The highest BCUT2D eigenvalue weighted by molar-refractivity contribution is 7.94. The topological polar surface area (TPSA) is 174 Å². The molecule has 12 heteroatoms. The molecule has 0 radical (unpaired) electrons. The Bertz CT molecular complexity index is 1570. The molecule has 0 aliphatic heterocycles. The third-order valence-electron chi connectivity index (χ3n) is 9.73. The average Bonchev–Trinajstić information content (AvgIpc) is 3.60. The van der Waals surface area contributed by atoms with Crippen molar-refractivity contribution in [3.05, 3.63) is 84.2 Å². The van der Waals surface area contributed by atoms with Crippen molar-refractivity contribution in [2.24, 2.45) is 5.92 Å². The van der Waals surface area contributed by atoms with E-state index < -0.39 is 55.4 Å². The van der Waals surface area contributed by atoms with E-state index in [-0.39, 0.29) is 25.2 Å². The number of hydrogen-bond donors (Lipinski definition) is 5. The number of rotatable bonds is 16. The Morgan fingerprint density at radius 1 is 0.980 bits per heavy atom. The van der Waals surface area contributed by atoms with Gasteiger partial charge in [-0.1, -0.05) is 68.5 Å². The van der Waals surface area contributed by atoms with Crippen molar-refractivity contribution < 1.29 is 28.2 Å². The maximum absolute atomic E-state index is 14.3. The number of aromatic amines is 1. The number of aliphatic hydroxyl groups excluding tert-OH is 2. The number of sulfone groups is 1. The van der Waals surface area contributed by atoms with Gasteiger partial charge in [0.2, 0.25) is 11.8 Å². The Morgan fingerprint density at radius 2 is 1.67 bits per heavy atom. The van der Waals surface area contributed by atoms with Crippen LogP contribution in [0.5, 0.6) is 0 Å². The van der Waals surface area contributed by atoms with Gasteiger partial charge in [0, 0.05) is 36.6 Å². The molecule has 3 aromatic rings. The van der Waals surface area contributed by atoms with E-state index in [1.807, 2.05) is 24.3 Å². The number of imidazole rings is 1. The van der Waals surface area contributed by atoms with Gasteiger partial charge in [0.25, 0.3) is 0 Å². The normalized spacial score (nSPS) is 18.1. The molecule has 1 unspecified atom stereocenters. The number of carbonyl (C=O) groups is 2. The van der Waals surface area contributed by atoms with Gasteiger partial charge in [0.15, 0.2) is 14.6 Å². The summed E-state index contributed by atoms with van der Waals surface area (Å²) in [5.41, 5.74) is 2.01. The Kier molecular flexibility index (Phi) is 13.1. The first-order chi connectivity index (χ1) is 23.2. The third-order valence-corrected chi connectivity index (χ3v) is 12.9. The molecule has 2 aromatic heterocycles. The van der Waals surface area contributed by atoms with E-state index in [1.165, 1.54) is 19.4 Å². The zero-order valence-electron chi connectivity index (χ0n) is 29.1. The summed E-state index contributed by atoms with van der Waals surface area (Å²) in [6, 6.07) is 12.5. The molecule has 0 spiro atoms. The number of carbonyl (C=O) groups excluding carboxylic acids is 2. The Morgan fingerprint density at radius 3 is 2.29 bits per heavy atom. The molecule has 5 N–H and O–H groups in total. The minimum Gasteiger partial charge on any atom is -0.390 e. The standard InChI is InChI=1S/C37H53N5O6S/c1-36(2,3)49(47,48)37(4,23-27-15-9-6-10-16-27)35(46)42-31(22-29-24-38-25-40-29)34(45)41-30(21-26-13-7-5-8-14-26)33(44)32(43)19-18-28-17-11-12-20-39-28/h6,9-12,15-17,20,24-26,30-33,43-44H,5,7-8,13-14,18-19,21-23H2,1-4H3,(H,38,40)(H,41,45)(H,42,46)/t30-,31?,32-,33+,37-/m0/s1. The fourth-order valence-electron chi connectivity index (χ4n) is 6.72. The van der Waals surface area contributed by atoms with Gasteiger partial charge in [-0.05, 0) is 70.6 Å². The van der Waals surface area contributed by atoms with Crippen molar-refractivity contribution in [3.8, 4) is 0 Å². The smallest absolute Gasteiger partial charge is 0.243 e. The number of amides is 2. The summed E-state index contributed by atoms with van der Waals surface area (Å²) >= 11 is 0. The highest BCUT2D eigenvalue weighted by atomic mass is 32.2. The summed E-state index contributed by atoms with van der Waals surface area (Å²) in [5, 5.41) is 28.3.